The Labute approximate surface area is 165 Å². The van der Waals surface area contributed by atoms with Crippen molar-refractivity contribution in [3.8, 4) is 0 Å². The zero-order chi connectivity index (χ0) is 18.0. The lowest BCUT2D eigenvalue weighted by atomic mass is 9.91. The Kier molecular flexibility index (Phi) is 6.29. The van der Waals surface area contributed by atoms with Crippen molar-refractivity contribution in [3.63, 3.8) is 0 Å². The van der Waals surface area contributed by atoms with Gasteiger partial charge in [-0.25, -0.2) is 8.93 Å². The van der Waals surface area contributed by atoms with Crippen molar-refractivity contribution in [1.29, 1.82) is 0 Å². The van der Waals surface area contributed by atoms with E-state index in [1.165, 1.54) is 0 Å². The Bertz CT molecular complexity index is 769. The number of anilines is 1. The number of hydrogen-bond acceptors (Lipinski definition) is 2. The molecule has 0 amide bonds. The van der Waals surface area contributed by atoms with Crippen molar-refractivity contribution < 1.29 is 4.21 Å². The summed E-state index contributed by atoms with van der Waals surface area (Å²) in [5.74, 6) is 0. The minimum absolute atomic E-state index is 0.116. The molecule has 2 aromatic rings. The predicted octanol–water partition coefficient (Wildman–Crippen LogP) is 5.24. The number of nitrogens with zero attached hydrogens (tertiary/aromatic N) is 1. The molecule has 1 unspecified atom stereocenters. The number of piperidine rings is 1. The van der Waals surface area contributed by atoms with Crippen LogP contribution >= 0.6 is 34.8 Å². The molecule has 0 radical (unpaired) electrons. The van der Waals surface area contributed by atoms with Gasteiger partial charge in [-0.3, -0.25) is 0 Å². The molecule has 3 nitrogen and oxygen atoms in total. The maximum Gasteiger partial charge on any atom is 0.0886 e. The molecule has 3 rings (SSSR count). The molecule has 1 N–H and O–H groups in total. The molecule has 0 bridgehead atoms. The van der Waals surface area contributed by atoms with E-state index in [2.05, 4.69) is 9.62 Å². The Morgan fingerprint density at radius 2 is 1.76 bits per heavy atom. The van der Waals surface area contributed by atoms with E-state index in [0.29, 0.717) is 15.1 Å². The molecule has 1 saturated heterocycles. The number of nitrogens with one attached hydrogen (secondary N) is 1. The van der Waals surface area contributed by atoms with E-state index < -0.39 is 11.0 Å². The second kappa shape index (κ2) is 8.28. The minimum Gasteiger partial charge on any atom is -0.363 e. The highest BCUT2D eigenvalue weighted by molar-refractivity contribution is 7.82. The van der Waals surface area contributed by atoms with E-state index in [0.717, 1.165) is 30.6 Å². The van der Waals surface area contributed by atoms with Gasteiger partial charge in [0, 0.05) is 28.9 Å². The second-order valence-electron chi connectivity index (χ2n) is 6.15. The second-order valence-corrected chi connectivity index (χ2v) is 8.57. The summed E-state index contributed by atoms with van der Waals surface area (Å²) in [7, 11) is -1.03. The molecule has 0 saturated carbocycles. The summed E-state index contributed by atoms with van der Waals surface area (Å²) < 4.78 is 14.7. The highest BCUT2D eigenvalue weighted by Gasteiger charge is 2.31. The van der Waals surface area contributed by atoms with Crippen LogP contribution < -0.4 is 9.62 Å². The maximum atomic E-state index is 11.6. The molecule has 1 heterocycles. The van der Waals surface area contributed by atoms with Crippen LogP contribution in [0.5, 0.6) is 0 Å². The quantitative estimate of drug-likeness (QED) is 0.738. The zero-order valence-corrected chi connectivity index (χ0v) is 16.8. The summed E-state index contributed by atoms with van der Waals surface area (Å²) >= 11 is 18.5. The summed E-state index contributed by atoms with van der Waals surface area (Å²) in [6.45, 7) is 0.809. The van der Waals surface area contributed by atoms with Crippen molar-refractivity contribution in [2.45, 2.75) is 24.9 Å². The van der Waals surface area contributed by atoms with Crippen LogP contribution in [0.2, 0.25) is 15.1 Å². The molecule has 3 atom stereocenters. The van der Waals surface area contributed by atoms with Gasteiger partial charge in [-0.15, -0.1) is 0 Å². The maximum absolute atomic E-state index is 11.6. The molecule has 1 fully saturated rings. The summed E-state index contributed by atoms with van der Waals surface area (Å²) in [6, 6.07) is 13.8. The Morgan fingerprint density at radius 1 is 1.08 bits per heavy atom. The highest BCUT2D eigenvalue weighted by Crippen LogP contribution is 2.39. The molecule has 7 heteroatoms. The number of benzene rings is 2. The molecule has 0 aliphatic carbocycles. The van der Waals surface area contributed by atoms with Gasteiger partial charge in [0.1, 0.15) is 0 Å². The molecular weight excluding hydrogens is 399 g/mol. The monoisotopic (exact) mass is 416 g/mol. The Hall–Kier alpha value is -0.780. The summed E-state index contributed by atoms with van der Waals surface area (Å²) in [5, 5.41) is 1.96. The molecule has 2 aromatic carbocycles. The fraction of sp³-hybridized carbons (Fsp3) is 0.333. The highest BCUT2D eigenvalue weighted by atomic mass is 35.5. The average molecular weight is 418 g/mol. The van der Waals surface area contributed by atoms with E-state index in [4.69, 9.17) is 34.8 Å². The van der Waals surface area contributed by atoms with Gasteiger partial charge in [0.2, 0.25) is 0 Å². The van der Waals surface area contributed by atoms with E-state index in [1.807, 2.05) is 36.4 Å². The van der Waals surface area contributed by atoms with Gasteiger partial charge in [-0.2, -0.15) is 0 Å². The Morgan fingerprint density at radius 3 is 2.40 bits per heavy atom. The molecule has 134 valence electrons. The van der Waals surface area contributed by atoms with Gasteiger partial charge in [0.05, 0.1) is 27.7 Å². The van der Waals surface area contributed by atoms with Crippen molar-refractivity contribution >= 4 is 51.5 Å². The molecular formula is C18H19Cl3N2OS. The lowest BCUT2D eigenvalue weighted by molar-refractivity contribution is 0.401. The summed E-state index contributed by atoms with van der Waals surface area (Å²) in [4.78, 5) is 2.29. The molecule has 0 aromatic heterocycles. The van der Waals surface area contributed by atoms with Crippen LogP contribution in [0.15, 0.2) is 42.5 Å². The zero-order valence-electron chi connectivity index (χ0n) is 13.7. The van der Waals surface area contributed by atoms with Crippen LogP contribution in [0.1, 0.15) is 24.4 Å². The van der Waals surface area contributed by atoms with Gasteiger partial charge in [-0.1, -0.05) is 46.9 Å². The van der Waals surface area contributed by atoms with E-state index >= 15 is 0 Å². The normalized spacial score (nSPS) is 22.0. The third kappa shape index (κ3) is 4.69. The lowest BCUT2D eigenvalue weighted by Gasteiger charge is -2.41. The van der Waals surface area contributed by atoms with Gasteiger partial charge >= 0.3 is 0 Å². The Balaban J connectivity index is 1.94. The third-order valence-corrected chi connectivity index (χ3v) is 5.86. The van der Waals surface area contributed by atoms with Crippen molar-refractivity contribution in [3.05, 3.63) is 63.1 Å². The van der Waals surface area contributed by atoms with Crippen LogP contribution in [0.25, 0.3) is 0 Å². The van der Waals surface area contributed by atoms with Gasteiger partial charge < -0.3 is 4.90 Å². The van der Waals surface area contributed by atoms with Crippen LogP contribution in [-0.4, -0.2) is 23.1 Å². The molecule has 1 aliphatic rings. The molecule has 0 spiro atoms. The third-order valence-electron chi connectivity index (χ3n) is 4.41. The van der Waals surface area contributed by atoms with Crippen LogP contribution in [0, 0.1) is 0 Å². The first-order valence-corrected chi connectivity index (χ1v) is 10.7. The fourth-order valence-corrected chi connectivity index (χ4v) is 4.64. The number of halogens is 3. The smallest absolute Gasteiger partial charge is 0.0886 e. The van der Waals surface area contributed by atoms with E-state index in [-0.39, 0.29) is 12.1 Å². The van der Waals surface area contributed by atoms with Crippen molar-refractivity contribution in [1.82, 2.24) is 4.72 Å². The first-order valence-electron chi connectivity index (χ1n) is 8.01. The van der Waals surface area contributed by atoms with Gasteiger partial charge in [0.25, 0.3) is 0 Å². The first-order chi connectivity index (χ1) is 11.9. The predicted molar refractivity (Wildman–Crippen MR) is 108 cm³/mol. The van der Waals surface area contributed by atoms with Crippen molar-refractivity contribution in [2.75, 3.05) is 17.7 Å². The van der Waals surface area contributed by atoms with E-state index in [9.17, 15) is 4.21 Å². The average Bonchev–Trinajstić information content (AvgIpc) is 2.55. The van der Waals surface area contributed by atoms with Crippen LogP contribution in [0.3, 0.4) is 0 Å². The van der Waals surface area contributed by atoms with Crippen molar-refractivity contribution in [2.24, 2.45) is 0 Å². The first kappa shape index (κ1) is 19.0. The SMILES string of the molecule is CS(=O)N[C@@H]1CCN(c2ccc(Cl)cc2Cl)[C@H](c2ccc(Cl)cc2)C1. The van der Waals surface area contributed by atoms with Crippen LogP contribution in [0.4, 0.5) is 5.69 Å². The van der Waals surface area contributed by atoms with E-state index in [1.54, 1.807) is 12.3 Å². The van der Waals surface area contributed by atoms with Gasteiger partial charge in [-0.05, 0) is 48.7 Å². The molecule has 25 heavy (non-hydrogen) atoms. The van der Waals surface area contributed by atoms with Crippen LogP contribution in [-0.2, 0) is 11.0 Å². The fourth-order valence-electron chi connectivity index (χ4n) is 3.31. The largest absolute Gasteiger partial charge is 0.363 e. The minimum atomic E-state index is -1.03. The molecule has 1 aliphatic heterocycles. The summed E-state index contributed by atoms with van der Waals surface area (Å²) in [5.41, 5.74) is 2.12. The standard InChI is InChI=1S/C18H19Cl3N2OS/c1-25(24)22-15-8-9-23(17-7-6-14(20)10-16(17)21)18(11-15)12-2-4-13(19)5-3-12/h2-7,10,15,18,22H,8-9,11H2,1H3/t15-,18+,25?/m1/s1. The summed E-state index contributed by atoms with van der Waals surface area (Å²) in [6.07, 6.45) is 3.39. The van der Waals surface area contributed by atoms with Gasteiger partial charge in [0.15, 0.2) is 0 Å². The topological polar surface area (TPSA) is 32.3 Å². The number of rotatable bonds is 4. The lowest BCUT2D eigenvalue weighted by Crippen LogP contribution is -2.45. The number of hydrogen-bond donors (Lipinski definition) is 1.